The molecule has 35 heavy (non-hydrogen) atoms. The van der Waals surface area contributed by atoms with Crippen molar-refractivity contribution in [2.24, 2.45) is 0 Å². The van der Waals surface area contributed by atoms with Gasteiger partial charge in [0.1, 0.15) is 34.1 Å². The van der Waals surface area contributed by atoms with E-state index in [1.54, 1.807) is 31.6 Å². The van der Waals surface area contributed by atoms with Crippen molar-refractivity contribution in [3.8, 4) is 23.0 Å². The lowest BCUT2D eigenvalue weighted by atomic mass is 9.96. The van der Waals surface area contributed by atoms with E-state index in [1.165, 1.54) is 6.33 Å². The molecule has 0 saturated heterocycles. The second kappa shape index (κ2) is 8.55. The highest BCUT2D eigenvalue weighted by Crippen LogP contribution is 2.27. The summed E-state index contributed by atoms with van der Waals surface area (Å²) in [5, 5.41) is 6.98. The molecule has 178 valence electrons. The van der Waals surface area contributed by atoms with Crippen molar-refractivity contribution < 1.29 is 9.32 Å². The van der Waals surface area contributed by atoms with Crippen molar-refractivity contribution in [2.45, 2.75) is 39.2 Å². The van der Waals surface area contributed by atoms with Gasteiger partial charge < -0.3 is 19.8 Å². The smallest absolute Gasteiger partial charge is 0.272 e. The second-order valence-electron chi connectivity index (χ2n) is 8.90. The van der Waals surface area contributed by atoms with Crippen LogP contribution in [0.15, 0.2) is 35.5 Å². The van der Waals surface area contributed by atoms with Crippen LogP contribution in [0.25, 0.3) is 34.2 Å². The standard InChI is InChI=1S/C22H21ClN10O2/c1-10(29-20(34)16-14(23)15(27-9-28-16)19-24-5-6-25-19)13-7-11(33-35-13)17-30-12-8-26-21(22(2,3)4)32-18(12)31-17/h5-10H,1-4H3,(H,24,25)(H,29,34)(H,26,30,31,32)/t10-/m1/s1. The summed E-state index contributed by atoms with van der Waals surface area (Å²) in [7, 11) is 0. The van der Waals surface area contributed by atoms with Crippen LogP contribution in [0.2, 0.25) is 5.02 Å². The lowest BCUT2D eigenvalue weighted by Crippen LogP contribution is -2.27. The highest BCUT2D eigenvalue weighted by atomic mass is 35.5. The average molecular weight is 493 g/mol. The molecular formula is C22H21ClN10O2. The number of hydrogen-bond acceptors (Lipinski definition) is 9. The highest BCUT2D eigenvalue weighted by Gasteiger charge is 2.23. The second-order valence-corrected chi connectivity index (χ2v) is 9.28. The molecule has 5 aromatic heterocycles. The van der Waals surface area contributed by atoms with Gasteiger partial charge in [0.25, 0.3) is 5.91 Å². The molecule has 0 aromatic carbocycles. The van der Waals surface area contributed by atoms with E-state index < -0.39 is 11.9 Å². The number of nitrogens with one attached hydrogen (secondary N) is 3. The minimum Gasteiger partial charge on any atom is -0.358 e. The number of fused-ring (bicyclic) bond motifs is 1. The maximum atomic E-state index is 12.9. The zero-order valence-electron chi connectivity index (χ0n) is 19.3. The van der Waals surface area contributed by atoms with Gasteiger partial charge in [-0.05, 0) is 6.92 Å². The Morgan fingerprint density at radius 1 is 1.14 bits per heavy atom. The van der Waals surface area contributed by atoms with E-state index in [4.69, 9.17) is 16.1 Å². The third-order valence-electron chi connectivity index (χ3n) is 5.18. The molecule has 0 spiro atoms. The molecule has 12 nitrogen and oxygen atoms in total. The largest absolute Gasteiger partial charge is 0.358 e. The summed E-state index contributed by atoms with van der Waals surface area (Å²) in [6.45, 7) is 7.86. The first-order valence-corrected chi connectivity index (χ1v) is 11.1. The Hall–Kier alpha value is -4.19. The van der Waals surface area contributed by atoms with Crippen LogP contribution in [-0.4, -0.2) is 50.9 Å². The van der Waals surface area contributed by atoms with Crippen molar-refractivity contribution in [2.75, 3.05) is 0 Å². The molecule has 5 rings (SSSR count). The number of imidazole rings is 2. The van der Waals surface area contributed by atoms with Crippen LogP contribution in [0.5, 0.6) is 0 Å². The van der Waals surface area contributed by atoms with Gasteiger partial charge in [-0.15, -0.1) is 0 Å². The molecule has 0 aliphatic heterocycles. The molecule has 0 saturated carbocycles. The van der Waals surface area contributed by atoms with Crippen molar-refractivity contribution in [3.63, 3.8) is 0 Å². The Balaban J connectivity index is 1.35. The number of aromatic nitrogens is 9. The molecule has 0 radical (unpaired) electrons. The van der Waals surface area contributed by atoms with E-state index in [-0.39, 0.29) is 16.1 Å². The molecule has 1 atom stereocenters. The molecule has 0 aliphatic rings. The van der Waals surface area contributed by atoms with Crippen molar-refractivity contribution in [3.05, 3.63) is 53.3 Å². The number of nitrogens with zero attached hydrogens (tertiary/aromatic N) is 7. The topological polar surface area (TPSA) is 164 Å². The predicted octanol–water partition coefficient (Wildman–Crippen LogP) is 3.63. The first-order valence-electron chi connectivity index (χ1n) is 10.7. The molecule has 0 fully saturated rings. The Morgan fingerprint density at radius 2 is 1.97 bits per heavy atom. The summed E-state index contributed by atoms with van der Waals surface area (Å²) in [6.07, 6.45) is 6.15. The van der Waals surface area contributed by atoms with Crippen LogP contribution < -0.4 is 5.32 Å². The van der Waals surface area contributed by atoms with Gasteiger partial charge in [-0.3, -0.25) is 4.79 Å². The van der Waals surface area contributed by atoms with Gasteiger partial charge in [-0.1, -0.05) is 37.5 Å². The zero-order chi connectivity index (χ0) is 24.7. The monoisotopic (exact) mass is 492 g/mol. The molecular weight excluding hydrogens is 472 g/mol. The number of aromatic amines is 2. The summed E-state index contributed by atoms with van der Waals surface area (Å²) in [6, 6.07) is 1.16. The maximum absolute atomic E-state index is 12.9. The first kappa shape index (κ1) is 22.6. The predicted molar refractivity (Wildman–Crippen MR) is 126 cm³/mol. The van der Waals surface area contributed by atoms with Gasteiger partial charge in [0.15, 0.2) is 28.8 Å². The molecule has 0 aliphatic carbocycles. The van der Waals surface area contributed by atoms with Crippen LogP contribution in [-0.2, 0) is 5.41 Å². The summed E-state index contributed by atoms with van der Waals surface area (Å²) in [5.41, 5.74) is 1.84. The fourth-order valence-corrected chi connectivity index (χ4v) is 3.59. The third kappa shape index (κ3) is 4.35. The molecule has 0 unspecified atom stereocenters. The van der Waals surface area contributed by atoms with E-state index in [1.807, 2.05) is 20.8 Å². The average Bonchev–Trinajstić information content (AvgIpc) is 3.58. The van der Waals surface area contributed by atoms with Crippen LogP contribution in [0, 0.1) is 0 Å². The molecule has 0 bridgehead atoms. The van der Waals surface area contributed by atoms with Crippen molar-refractivity contribution in [1.82, 2.24) is 50.3 Å². The minimum atomic E-state index is -0.529. The quantitative estimate of drug-likeness (QED) is 0.332. The Labute approximate surface area is 204 Å². The fourth-order valence-electron chi connectivity index (χ4n) is 3.32. The molecule has 5 heterocycles. The van der Waals surface area contributed by atoms with E-state index in [9.17, 15) is 4.79 Å². The number of amides is 1. The molecule has 5 aromatic rings. The Kier molecular flexibility index (Phi) is 5.52. The minimum absolute atomic E-state index is 0.0187. The van der Waals surface area contributed by atoms with Gasteiger partial charge in [0.2, 0.25) is 0 Å². The molecule has 13 heteroatoms. The molecule has 3 N–H and O–H groups in total. The summed E-state index contributed by atoms with van der Waals surface area (Å²) < 4.78 is 5.46. The third-order valence-corrected chi connectivity index (χ3v) is 5.54. The summed E-state index contributed by atoms with van der Waals surface area (Å²) in [4.78, 5) is 44.6. The summed E-state index contributed by atoms with van der Waals surface area (Å²) >= 11 is 6.38. The van der Waals surface area contributed by atoms with Crippen LogP contribution >= 0.6 is 11.6 Å². The van der Waals surface area contributed by atoms with Crippen LogP contribution in [0.4, 0.5) is 0 Å². The summed E-state index contributed by atoms with van der Waals surface area (Å²) in [5.74, 6) is 1.54. The van der Waals surface area contributed by atoms with Crippen molar-refractivity contribution >= 4 is 28.7 Å². The van der Waals surface area contributed by atoms with Crippen LogP contribution in [0.3, 0.4) is 0 Å². The van der Waals surface area contributed by atoms with Crippen LogP contribution in [0.1, 0.15) is 55.8 Å². The lowest BCUT2D eigenvalue weighted by molar-refractivity contribution is 0.0928. The van der Waals surface area contributed by atoms with Gasteiger partial charge in [0, 0.05) is 23.9 Å². The first-order chi connectivity index (χ1) is 16.7. The van der Waals surface area contributed by atoms with E-state index in [2.05, 4.69) is 50.3 Å². The maximum Gasteiger partial charge on any atom is 0.272 e. The number of carbonyl (C=O) groups excluding carboxylic acids is 1. The fraction of sp³-hybridized carbons (Fsp3) is 0.273. The van der Waals surface area contributed by atoms with Crippen molar-refractivity contribution in [1.29, 1.82) is 0 Å². The highest BCUT2D eigenvalue weighted by molar-refractivity contribution is 6.35. The number of halogens is 1. The number of hydrogen-bond donors (Lipinski definition) is 3. The number of carbonyl (C=O) groups is 1. The number of rotatable bonds is 5. The SMILES string of the molecule is C[C@@H](NC(=O)c1ncnc(-c2ncc[nH]2)c1Cl)c1cc(-c2nc3nc(C(C)(C)C)ncc3[nH]2)no1. The lowest BCUT2D eigenvalue weighted by Gasteiger charge is -2.15. The van der Waals surface area contributed by atoms with E-state index in [0.29, 0.717) is 45.8 Å². The Bertz CT molecular complexity index is 1520. The van der Waals surface area contributed by atoms with E-state index >= 15 is 0 Å². The molecule has 1 amide bonds. The zero-order valence-corrected chi connectivity index (χ0v) is 20.0. The Morgan fingerprint density at radius 3 is 2.71 bits per heavy atom. The number of H-pyrrole nitrogens is 2. The van der Waals surface area contributed by atoms with Gasteiger partial charge in [-0.2, -0.15) is 0 Å². The van der Waals surface area contributed by atoms with Gasteiger partial charge in [-0.25, -0.2) is 29.9 Å². The van der Waals surface area contributed by atoms with E-state index in [0.717, 1.165) is 0 Å². The van der Waals surface area contributed by atoms with Gasteiger partial charge >= 0.3 is 0 Å². The van der Waals surface area contributed by atoms with Gasteiger partial charge in [0.05, 0.1) is 12.2 Å². The normalized spacial score (nSPS) is 12.7.